The summed E-state index contributed by atoms with van der Waals surface area (Å²) in [6.45, 7) is 5.97. The van der Waals surface area contributed by atoms with Crippen molar-refractivity contribution in [2.24, 2.45) is 5.92 Å². The largest absolute Gasteiger partial charge is 0.389 e. The lowest BCUT2D eigenvalue weighted by atomic mass is 10.1. The minimum Gasteiger partial charge on any atom is -0.389 e. The highest BCUT2D eigenvalue weighted by atomic mass is 16.3. The molecule has 2 atom stereocenters. The average molecular weight is 317 g/mol. The first-order valence-electron chi connectivity index (χ1n) is 8.55. The van der Waals surface area contributed by atoms with E-state index in [4.69, 9.17) is 0 Å². The van der Waals surface area contributed by atoms with Crippen LogP contribution in [-0.2, 0) is 4.79 Å². The second-order valence-corrected chi connectivity index (χ2v) is 6.98. The molecule has 1 aromatic carbocycles. The standard InChI is InChI=1S/C18H27N3O2/c1-14-10-19(2)16-6-3-4-7-17(16)21(11-14)13-15(22)12-20-9-5-8-18(20)23/h3-4,6-7,14-15,22H,5,8-13H2,1-2H3. The maximum absolute atomic E-state index is 11.7. The molecule has 5 heteroatoms. The number of fused-ring (bicyclic) bond motifs is 1. The van der Waals surface area contributed by atoms with Crippen molar-refractivity contribution in [3.8, 4) is 0 Å². The van der Waals surface area contributed by atoms with Gasteiger partial charge >= 0.3 is 0 Å². The van der Waals surface area contributed by atoms with Gasteiger partial charge in [0.25, 0.3) is 0 Å². The van der Waals surface area contributed by atoms with E-state index < -0.39 is 6.10 Å². The molecule has 2 aliphatic heterocycles. The molecule has 23 heavy (non-hydrogen) atoms. The molecule has 0 spiro atoms. The van der Waals surface area contributed by atoms with Crippen LogP contribution in [0.1, 0.15) is 19.8 Å². The van der Waals surface area contributed by atoms with Crippen molar-refractivity contribution < 1.29 is 9.90 Å². The third-order valence-corrected chi connectivity index (χ3v) is 4.78. The number of hydrogen-bond acceptors (Lipinski definition) is 4. The van der Waals surface area contributed by atoms with Crippen molar-refractivity contribution in [2.75, 3.05) is 49.6 Å². The molecular formula is C18H27N3O2. The number of aliphatic hydroxyl groups is 1. The van der Waals surface area contributed by atoms with E-state index in [2.05, 4.69) is 42.0 Å². The van der Waals surface area contributed by atoms with E-state index >= 15 is 0 Å². The van der Waals surface area contributed by atoms with Crippen LogP contribution in [0, 0.1) is 5.92 Å². The van der Waals surface area contributed by atoms with Crippen LogP contribution in [0.25, 0.3) is 0 Å². The van der Waals surface area contributed by atoms with Crippen LogP contribution >= 0.6 is 0 Å². The van der Waals surface area contributed by atoms with Gasteiger partial charge in [0.15, 0.2) is 0 Å². The summed E-state index contributed by atoms with van der Waals surface area (Å²) in [6, 6.07) is 8.36. The fourth-order valence-corrected chi connectivity index (χ4v) is 3.79. The molecule has 1 amide bonds. The highest BCUT2D eigenvalue weighted by molar-refractivity contribution is 5.78. The summed E-state index contributed by atoms with van der Waals surface area (Å²) in [5.41, 5.74) is 2.38. The summed E-state index contributed by atoms with van der Waals surface area (Å²) in [5, 5.41) is 10.5. The van der Waals surface area contributed by atoms with Gasteiger partial charge in [-0.1, -0.05) is 19.1 Å². The molecule has 1 N–H and O–H groups in total. The van der Waals surface area contributed by atoms with Crippen molar-refractivity contribution in [3.63, 3.8) is 0 Å². The van der Waals surface area contributed by atoms with E-state index in [-0.39, 0.29) is 5.91 Å². The Bertz CT molecular complexity index is 563. The maximum atomic E-state index is 11.7. The molecule has 5 nitrogen and oxygen atoms in total. The zero-order valence-electron chi connectivity index (χ0n) is 14.1. The van der Waals surface area contributed by atoms with Crippen LogP contribution in [0.15, 0.2) is 24.3 Å². The van der Waals surface area contributed by atoms with Gasteiger partial charge in [-0.3, -0.25) is 4.79 Å². The van der Waals surface area contributed by atoms with E-state index in [0.29, 0.717) is 25.4 Å². The molecule has 0 aliphatic carbocycles. The van der Waals surface area contributed by atoms with Gasteiger partial charge in [0, 0.05) is 46.2 Å². The number of benzene rings is 1. The van der Waals surface area contributed by atoms with Crippen molar-refractivity contribution in [1.29, 1.82) is 0 Å². The zero-order chi connectivity index (χ0) is 16.4. The minimum absolute atomic E-state index is 0.174. The summed E-state index contributed by atoms with van der Waals surface area (Å²) >= 11 is 0. The lowest BCUT2D eigenvalue weighted by Crippen LogP contribution is -2.42. The number of β-amino-alcohol motifs (C(OH)–C–C–N with tert-alkyl or cyclic N) is 1. The smallest absolute Gasteiger partial charge is 0.222 e. The SMILES string of the molecule is CC1CN(C)c2ccccc2N(CC(O)CN2CCCC2=O)C1. The molecule has 1 fully saturated rings. The molecule has 1 saturated heterocycles. The summed E-state index contributed by atoms with van der Waals surface area (Å²) in [4.78, 5) is 18.1. The first kappa shape index (κ1) is 16.1. The average Bonchev–Trinajstić information content (AvgIpc) is 2.86. The molecule has 0 aromatic heterocycles. The third kappa shape index (κ3) is 3.61. The Morgan fingerprint density at radius 3 is 2.57 bits per heavy atom. The Kier molecular flexibility index (Phi) is 4.76. The lowest BCUT2D eigenvalue weighted by Gasteiger charge is -2.30. The molecule has 0 saturated carbocycles. The van der Waals surface area contributed by atoms with Crippen LogP contribution in [0.5, 0.6) is 0 Å². The number of carbonyl (C=O) groups excluding carboxylic acids is 1. The molecule has 2 unspecified atom stereocenters. The molecule has 2 aliphatic rings. The van der Waals surface area contributed by atoms with E-state index in [0.717, 1.165) is 26.1 Å². The second-order valence-electron chi connectivity index (χ2n) is 6.98. The number of amides is 1. The Hall–Kier alpha value is -1.75. The number of para-hydroxylation sites is 2. The fourth-order valence-electron chi connectivity index (χ4n) is 3.79. The topological polar surface area (TPSA) is 47.0 Å². The summed E-state index contributed by atoms with van der Waals surface area (Å²) in [5.74, 6) is 0.696. The molecule has 0 radical (unpaired) electrons. The molecule has 2 heterocycles. The van der Waals surface area contributed by atoms with E-state index in [9.17, 15) is 9.90 Å². The summed E-state index contributed by atoms with van der Waals surface area (Å²) in [6.07, 6.45) is 1.03. The number of nitrogens with zero attached hydrogens (tertiary/aromatic N) is 3. The fraction of sp³-hybridized carbons (Fsp3) is 0.611. The molecule has 3 rings (SSSR count). The Morgan fingerprint density at radius 2 is 1.87 bits per heavy atom. The third-order valence-electron chi connectivity index (χ3n) is 4.78. The molecule has 126 valence electrons. The quantitative estimate of drug-likeness (QED) is 0.915. The van der Waals surface area contributed by atoms with Crippen molar-refractivity contribution >= 4 is 17.3 Å². The Labute approximate surface area is 138 Å². The van der Waals surface area contributed by atoms with E-state index in [1.807, 2.05) is 6.07 Å². The number of carbonyl (C=O) groups is 1. The number of likely N-dealkylation sites (tertiary alicyclic amines) is 1. The monoisotopic (exact) mass is 317 g/mol. The van der Waals surface area contributed by atoms with Crippen LogP contribution in [0.4, 0.5) is 11.4 Å². The van der Waals surface area contributed by atoms with Gasteiger partial charge in [-0.15, -0.1) is 0 Å². The number of anilines is 2. The second kappa shape index (κ2) is 6.79. The summed E-state index contributed by atoms with van der Waals surface area (Å²) in [7, 11) is 2.12. The van der Waals surface area contributed by atoms with Crippen molar-refractivity contribution in [2.45, 2.75) is 25.9 Å². The Morgan fingerprint density at radius 1 is 1.17 bits per heavy atom. The highest BCUT2D eigenvalue weighted by Gasteiger charge is 2.26. The van der Waals surface area contributed by atoms with Gasteiger partial charge < -0.3 is 19.8 Å². The Balaban J connectivity index is 1.72. The van der Waals surface area contributed by atoms with Crippen LogP contribution in [0.2, 0.25) is 0 Å². The molecule has 0 bridgehead atoms. The van der Waals surface area contributed by atoms with Crippen LogP contribution < -0.4 is 9.80 Å². The summed E-state index contributed by atoms with van der Waals surface area (Å²) < 4.78 is 0. The minimum atomic E-state index is -0.513. The predicted molar refractivity (Wildman–Crippen MR) is 92.9 cm³/mol. The van der Waals surface area contributed by atoms with Gasteiger partial charge in [0.1, 0.15) is 0 Å². The first-order chi connectivity index (χ1) is 11.0. The molecular weight excluding hydrogens is 290 g/mol. The predicted octanol–water partition coefficient (Wildman–Crippen LogP) is 1.56. The van der Waals surface area contributed by atoms with E-state index in [1.54, 1.807) is 4.90 Å². The number of rotatable bonds is 4. The van der Waals surface area contributed by atoms with Gasteiger partial charge in [-0.25, -0.2) is 0 Å². The van der Waals surface area contributed by atoms with Crippen molar-refractivity contribution in [1.82, 2.24) is 4.90 Å². The number of aliphatic hydroxyl groups excluding tert-OH is 1. The molecule has 1 aromatic rings. The van der Waals surface area contributed by atoms with Crippen LogP contribution in [-0.4, -0.2) is 61.8 Å². The maximum Gasteiger partial charge on any atom is 0.222 e. The first-order valence-corrected chi connectivity index (χ1v) is 8.55. The van der Waals surface area contributed by atoms with E-state index in [1.165, 1.54) is 11.4 Å². The van der Waals surface area contributed by atoms with Gasteiger partial charge in [0.05, 0.1) is 17.5 Å². The normalized spacial score (nSPS) is 23.0. The van der Waals surface area contributed by atoms with Gasteiger partial charge in [-0.2, -0.15) is 0 Å². The number of hydrogen-bond donors (Lipinski definition) is 1. The van der Waals surface area contributed by atoms with Crippen molar-refractivity contribution in [3.05, 3.63) is 24.3 Å². The van der Waals surface area contributed by atoms with Gasteiger partial charge in [0.2, 0.25) is 5.91 Å². The highest BCUT2D eigenvalue weighted by Crippen LogP contribution is 2.32. The lowest BCUT2D eigenvalue weighted by molar-refractivity contribution is -0.128. The van der Waals surface area contributed by atoms with Gasteiger partial charge in [-0.05, 0) is 24.5 Å². The van der Waals surface area contributed by atoms with Crippen LogP contribution in [0.3, 0.4) is 0 Å². The zero-order valence-corrected chi connectivity index (χ0v) is 14.1.